The summed E-state index contributed by atoms with van der Waals surface area (Å²) in [5.74, 6) is -1.09. The van der Waals surface area contributed by atoms with Crippen LogP contribution in [0.5, 0.6) is 0 Å². The molecule has 1 aliphatic rings. The van der Waals surface area contributed by atoms with E-state index in [4.69, 9.17) is 16.3 Å². The van der Waals surface area contributed by atoms with Crippen molar-refractivity contribution in [1.29, 1.82) is 0 Å². The molecule has 0 N–H and O–H groups in total. The van der Waals surface area contributed by atoms with Gasteiger partial charge in [-0.3, -0.25) is 4.90 Å². The molecule has 3 heterocycles. The van der Waals surface area contributed by atoms with E-state index >= 15 is 0 Å². The highest BCUT2D eigenvalue weighted by Gasteiger charge is 2.44. The fourth-order valence-corrected chi connectivity index (χ4v) is 3.76. The Morgan fingerprint density at radius 2 is 1.70 bits per heavy atom. The van der Waals surface area contributed by atoms with E-state index in [0.717, 1.165) is 18.2 Å². The number of ether oxygens (including phenoxy) is 1. The average Bonchev–Trinajstić information content (AvgIpc) is 3.39. The molecule has 1 saturated heterocycles. The molecule has 1 fully saturated rings. The molecular weight excluding hydrogens is 456 g/mol. The van der Waals surface area contributed by atoms with Crippen LogP contribution in [0.2, 0.25) is 5.02 Å². The molecule has 12 heteroatoms. The predicted octanol–water partition coefficient (Wildman–Crippen LogP) is 3.83. The first-order valence-electron chi connectivity index (χ1n) is 9.74. The van der Waals surface area contributed by atoms with Crippen molar-refractivity contribution in [2.45, 2.75) is 18.7 Å². The van der Waals surface area contributed by atoms with E-state index in [1.54, 1.807) is 42.7 Å². The van der Waals surface area contributed by atoms with Crippen molar-refractivity contribution < 1.29 is 18.3 Å². The highest BCUT2D eigenvalue weighted by atomic mass is 35.5. The second-order valence-corrected chi connectivity index (χ2v) is 7.59. The fourth-order valence-electron chi connectivity index (χ4n) is 3.63. The van der Waals surface area contributed by atoms with Crippen LogP contribution < -0.4 is 4.90 Å². The normalized spacial score (nSPS) is 17.9. The zero-order valence-corrected chi connectivity index (χ0v) is 17.5. The smallest absolute Gasteiger partial charge is 0.415 e. The molecule has 2 aromatic carbocycles. The van der Waals surface area contributed by atoms with Crippen LogP contribution in [0.3, 0.4) is 0 Å². The Kier molecular flexibility index (Phi) is 5.38. The van der Waals surface area contributed by atoms with Gasteiger partial charge in [0.15, 0.2) is 0 Å². The van der Waals surface area contributed by atoms with E-state index in [2.05, 4.69) is 25.4 Å². The van der Waals surface area contributed by atoms with Crippen molar-refractivity contribution in [2.75, 3.05) is 4.90 Å². The van der Waals surface area contributed by atoms with Gasteiger partial charge in [-0.2, -0.15) is 4.80 Å². The van der Waals surface area contributed by atoms with E-state index in [-0.39, 0.29) is 23.8 Å². The van der Waals surface area contributed by atoms with Gasteiger partial charge in [-0.05, 0) is 53.2 Å². The van der Waals surface area contributed by atoms with Crippen LogP contribution in [0.15, 0.2) is 60.9 Å². The van der Waals surface area contributed by atoms with Gasteiger partial charge in [-0.15, -0.1) is 10.2 Å². The van der Waals surface area contributed by atoms with Crippen LogP contribution in [0, 0.1) is 11.6 Å². The van der Waals surface area contributed by atoms with Crippen molar-refractivity contribution in [3.05, 3.63) is 83.1 Å². The summed E-state index contributed by atoms with van der Waals surface area (Å²) in [7, 11) is 0. The van der Waals surface area contributed by atoms with Crippen LogP contribution in [-0.4, -0.2) is 42.4 Å². The lowest BCUT2D eigenvalue weighted by Crippen LogP contribution is -2.31. The molecule has 2 aromatic heterocycles. The minimum absolute atomic E-state index is 0.0293. The van der Waals surface area contributed by atoms with Crippen molar-refractivity contribution in [2.24, 2.45) is 0 Å². The topological polar surface area (TPSA) is 98.9 Å². The summed E-state index contributed by atoms with van der Waals surface area (Å²) in [4.78, 5) is 23.5. The standard InChI is InChI=1S/C21H14ClF2N7O2/c22-13-2-4-16(5-3-13)31-18(12-8-14(23)10-15(24)9-12)17(33-21(31)32)11-30-28-20(27-29-30)19-25-6-1-7-26-19/h1-10,17-18H,11H2/t17-,18-/m0/s1. The van der Waals surface area contributed by atoms with Gasteiger partial charge < -0.3 is 4.74 Å². The predicted molar refractivity (Wildman–Crippen MR) is 112 cm³/mol. The third kappa shape index (κ3) is 4.22. The molecular formula is C21H14ClF2N7O2. The number of halogens is 3. The maximum Gasteiger partial charge on any atom is 0.415 e. The van der Waals surface area contributed by atoms with Crippen LogP contribution in [0.1, 0.15) is 11.6 Å². The van der Waals surface area contributed by atoms with E-state index in [1.807, 2.05) is 0 Å². The van der Waals surface area contributed by atoms with Gasteiger partial charge in [-0.25, -0.2) is 23.5 Å². The Labute approximate surface area is 190 Å². The van der Waals surface area contributed by atoms with Crippen LogP contribution in [-0.2, 0) is 11.3 Å². The van der Waals surface area contributed by atoms with Gasteiger partial charge in [0.25, 0.3) is 0 Å². The molecule has 1 amide bonds. The summed E-state index contributed by atoms with van der Waals surface area (Å²) in [5, 5.41) is 12.6. The third-order valence-electron chi connectivity index (χ3n) is 4.97. The molecule has 1 aliphatic heterocycles. The van der Waals surface area contributed by atoms with Crippen molar-refractivity contribution in [3.63, 3.8) is 0 Å². The number of tetrazole rings is 1. The molecule has 0 bridgehead atoms. The first kappa shape index (κ1) is 20.9. The summed E-state index contributed by atoms with van der Waals surface area (Å²) < 4.78 is 33.7. The Morgan fingerprint density at radius 3 is 2.39 bits per heavy atom. The molecule has 0 unspecified atom stereocenters. The molecule has 9 nitrogen and oxygen atoms in total. The minimum atomic E-state index is -0.881. The number of carbonyl (C=O) groups excluding carboxylic acids is 1. The van der Waals surface area contributed by atoms with Gasteiger partial charge in [0.2, 0.25) is 11.6 Å². The van der Waals surface area contributed by atoms with Gasteiger partial charge in [-0.1, -0.05) is 11.6 Å². The highest BCUT2D eigenvalue weighted by molar-refractivity contribution is 6.30. The molecule has 2 atom stereocenters. The Bertz CT molecular complexity index is 1280. The number of rotatable bonds is 5. The average molecular weight is 470 g/mol. The van der Waals surface area contributed by atoms with Gasteiger partial charge >= 0.3 is 6.09 Å². The molecule has 0 aliphatic carbocycles. The number of hydrogen-bond donors (Lipinski definition) is 0. The first-order valence-corrected chi connectivity index (χ1v) is 10.1. The number of cyclic esters (lactones) is 1. The summed E-state index contributed by atoms with van der Waals surface area (Å²) >= 11 is 5.97. The van der Waals surface area contributed by atoms with Crippen LogP contribution >= 0.6 is 11.6 Å². The quantitative estimate of drug-likeness (QED) is 0.438. The SMILES string of the molecule is O=C1O[C@@H](Cn2nnc(-c3ncccn3)n2)[C@H](c2cc(F)cc(F)c2)N1c1ccc(Cl)cc1. The number of carbonyl (C=O) groups is 1. The number of benzene rings is 2. The number of hydrogen-bond acceptors (Lipinski definition) is 7. The number of amides is 1. The highest BCUT2D eigenvalue weighted by Crippen LogP contribution is 2.38. The number of aromatic nitrogens is 6. The molecule has 0 saturated carbocycles. The second-order valence-electron chi connectivity index (χ2n) is 7.16. The summed E-state index contributed by atoms with van der Waals surface area (Å²) in [6.07, 6.45) is 1.51. The lowest BCUT2D eigenvalue weighted by atomic mass is 9.99. The molecule has 0 spiro atoms. The lowest BCUT2D eigenvalue weighted by Gasteiger charge is -2.25. The monoisotopic (exact) mass is 469 g/mol. The van der Waals surface area contributed by atoms with Crippen LogP contribution in [0.25, 0.3) is 11.6 Å². The van der Waals surface area contributed by atoms with E-state index in [1.165, 1.54) is 9.70 Å². The van der Waals surface area contributed by atoms with Crippen molar-refractivity contribution >= 4 is 23.4 Å². The molecule has 4 aromatic rings. The molecule has 5 rings (SSSR count). The maximum absolute atomic E-state index is 14.1. The minimum Gasteiger partial charge on any atom is -0.441 e. The summed E-state index contributed by atoms with van der Waals surface area (Å²) in [6, 6.07) is 10.3. The number of anilines is 1. The number of nitrogens with zero attached hydrogens (tertiary/aromatic N) is 7. The van der Waals surface area contributed by atoms with Crippen LogP contribution in [0.4, 0.5) is 19.3 Å². The van der Waals surface area contributed by atoms with Gasteiger partial charge in [0, 0.05) is 29.2 Å². The van der Waals surface area contributed by atoms with Gasteiger partial charge in [0.1, 0.15) is 30.3 Å². The molecule has 166 valence electrons. The summed E-state index contributed by atoms with van der Waals surface area (Å²) in [6.45, 7) is -0.0293. The second kappa shape index (κ2) is 8.51. The largest absolute Gasteiger partial charge is 0.441 e. The van der Waals surface area contributed by atoms with E-state index in [0.29, 0.717) is 10.7 Å². The molecule has 0 radical (unpaired) electrons. The lowest BCUT2D eigenvalue weighted by molar-refractivity contribution is 0.114. The summed E-state index contributed by atoms with van der Waals surface area (Å²) in [5.41, 5.74) is 0.663. The van der Waals surface area contributed by atoms with Crippen molar-refractivity contribution in [3.8, 4) is 11.6 Å². The zero-order chi connectivity index (χ0) is 22.9. The zero-order valence-electron chi connectivity index (χ0n) is 16.7. The van der Waals surface area contributed by atoms with Gasteiger partial charge in [0.05, 0.1) is 0 Å². The van der Waals surface area contributed by atoms with Crippen molar-refractivity contribution in [1.82, 2.24) is 30.2 Å². The Hall–Kier alpha value is -3.99. The fraction of sp³-hybridized carbons (Fsp3) is 0.143. The van der Waals surface area contributed by atoms with E-state index in [9.17, 15) is 13.6 Å². The Morgan fingerprint density at radius 1 is 1.00 bits per heavy atom. The first-order chi connectivity index (χ1) is 16.0. The maximum atomic E-state index is 14.1. The Balaban J connectivity index is 1.51. The van der Waals surface area contributed by atoms with E-state index < -0.39 is 29.9 Å². The third-order valence-corrected chi connectivity index (χ3v) is 5.22. The molecule has 33 heavy (non-hydrogen) atoms.